The van der Waals surface area contributed by atoms with Gasteiger partial charge in [-0.25, -0.2) is 4.79 Å². The molecule has 86 valence electrons. The van der Waals surface area contributed by atoms with Crippen molar-refractivity contribution < 1.29 is 19.1 Å². The Morgan fingerprint density at radius 1 is 1.50 bits per heavy atom. The van der Waals surface area contributed by atoms with Crippen LogP contribution in [0.5, 0.6) is 5.75 Å². The Bertz CT molecular complexity index is 390. The van der Waals surface area contributed by atoms with Gasteiger partial charge in [0.05, 0.1) is 11.1 Å². The summed E-state index contributed by atoms with van der Waals surface area (Å²) in [4.78, 5) is 21.7. The molecule has 0 aliphatic carbocycles. The molecule has 0 amide bonds. The van der Waals surface area contributed by atoms with Crippen LogP contribution in [0.3, 0.4) is 0 Å². The van der Waals surface area contributed by atoms with Crippen molar-refractivity contribution in [2.75, 3.05) is 13.2 Å². The van der Waals surface area contributed by atoms with E-state index in [-0.39, 0.29) is 6.61 Å². The van der Waals surface area contributed by atoms with Crippen LogP contribution in [0.1, 0.15) is 17.3 Å². The first-order valence-corrected chi connectivity index (χ1v) is 5.50. The lowest BCUT2D eigenvalue weighted by atomic mass is 10.2. The molecule has 0 spiro atoms. The fourth-order valence-corrected chi connectivity index (χ4v) is 1.54. The number of ether oxygens (including phenoxy) is 2. The second kappa shape index (κ2) is 6.27. The quantitative estimate of drug-likeness (QED) is 0.615. The molecule has 0 atom stereocenters. The van der Waals surface area contributed by atoms with Crippen LogP contribution in [0.15, 0.2) is 22.7 Å². The van der Waals surface area contributed by atoms with Gasteiger partial charge in [0.2, 0.25) is 0 Å². The van der Waals surface area contributed by atoms with Crippen molar-refractivity contribution in [3.8, 4) is 5.75 Å². The molecule has 5 heteroatoms. The summed E-state index contributed by atoms with van der Waals surface area (Å²) in [5, 5.41) is 0. The molecule has 0 aromatic heterocycles. The normalized spacial score (nSPS) is 9.62. The smallest absolute Gasteiger partial charge is 0.344 e. The van der Waals surface area contributed by atoms with Crippen LogP contribution < -0.4 is 4.74 Å². The summed E-state index contributed by atoms with van der Waals surface area (Å²) < 4.78 is 10.5. The van der Waals surface area contributed by atoms with Crippen molar-refractivity contribution in [2.45, 2.75) is 6.92 Å². The average Bonchev–Trinajstić information content (AvgIpc) is 2.28. The second-order valence-corrected chi connectivity index (χ2v) is 3.66. The van der Waals surface area contributed by atoms with Crippen molar-refractivity contribution in [3.63, 3.8) is 0 Å². The number of rotatable bonds is 5. The molecule has 0 aliphatic rings. The maximum absolute atomic E-state index is 11.1. The topological polar surface area (TPSA) is 52.6 Å². The zero-order chi connectivity index (χ0) is 12.0. The van der Waals surface area contributed by atoms with Crippen molar-refractivity contribution in [1.29, 1.82) is 0 Å². The first-order valence-electron chi connectivity index (χ1n) is 4.71. The highest BCUT2D eigenvalue weighted by molar-refractivity contribution is 9.10. The fraction of sp³-hybridized carbons (Fsp3) is 0.273. The number of carbonyl (C=O) groups excluding carboxylic acids is 2. The van der Waals surface area contributed by atoms with Gasteiger partial charge in [-0.15, -0.1) is 0 Å². The molecular weight excluding hydrogens is 276 g/mol. The number of carbonyl (C=O) groups is 2. The SMILES string of the molecule is CCOC(=O)COc1cccc(C=O)c1Br. The Balaban J connectivity index is 2.67. The van der Waals surface area contributed by atoms with Gasteiger partial charge in [0, 0.05) is 5.56 Å². The van der Waals surface area contributed by atoms with Gasteiger partial charge in [0.15, 0.2) is 12.9 Å². The summed E-state index contributed by atoms with van der Waals surface area (Å²) in [6.45, 7) is 1.87. The van der Waals surface area contributed by atoms with E-state index in [0.717, 1.165) is 0 Å². The van der Waals surface area contributed by atoms with Gasteiger partial charge < -0.3 is 9.47 Å². The van der Waals surface area contributed by atoms with Crippen LogP contribution in [0, 0.1) is 0 Å². The third-order valence-corrected chi connectivity index (χ3v) is 2.62. The average molecular weight is 287 g/mol. The zero-order valence-electron chi connectivity index (χ0n) is 8.73. The molecule has 0 radical (unpaired) electrons. The predicted molar refractivity (Wildman–Crippen MR) is 61.7 cm³/mol. The molecule has 0 heterocycles. The molecule has 1 aromatic carbocycles. The summed E-state index contributed by atoms with van der Waals surface area (Å²) in [6.07, 6.45) is 0.710. The molecule has 0 N–H and O–H groups in total. The molecule has 16 heavy (non-hydrogen) atoms. The Labute approximate surface area is 102 Å². The van der Waals surface area contributed by atoms with E-state index in [0.29, 0.717) is 28.7 Å². The molecular formula is C11H11BrO4. The Kier molecular flexibility index (Phi) is 4.98. The molecule has 1 rings (SSSR count). The van der Waals surface area contributed by atoms with Gasteiger partial charge in [-0.3, -0.25) is 4.79 Å². The predicted octanol–water partition coefficient (Wildman–Crippen LogP) is 2.20. The largest absolute Gasteiger partial charge is 0.481 e. The summed E-state index contributed by atoms with van der Waals surface area (Å²) in [5.74, 6) is 0.00330. The minimum Gasteiger partial charge on any atom is -0.481 e. The summed E-state index contributed by atoms with van der Waals surface area (Å²) >= 11 is 3.22. The Morgan fingerprint density at radius 3 is 2.88 bits per heavy atom. The third kappa shape index (κ3) is 3.34. The van der Waals surface area contributed by atoms with Gasteiger partial charge >= 0.3 is 5.97 Å². The lowest BCUT2D eigenvalue weighted by Crippen LogP contribution is -2.14. The van der Waals surface area contributed by atoms with Gasteiger partial charge in [-0.2, -0.15) is 0 Å². The summed E-state index contributed by atoms with van der Waals surface area (Å²) in [5.41, 5.74) is 0.473. The zero-order valence-corrected chi connectivity index (χ0v) is 10.3. The molecule has 0 unspecified atom stereocenters. The maximum atomic E-state index is 11.1. The first-order chi connectivity index (χ1) is 7.69. The van der Waals surface area contributed by atoms with E-state index in [2.05, 4.69) is 15.9 Å². The minimum atomic E-state index is -0.439. The molecule has 0 fully saturated rings. The monoisotopic (exact) mass is 286 g/mol. The van der Waals surface area contributed by atoms with Crippen molar-refractivity contribution >= 4 is 28.2 Å². The van der Waals surface area contributed by atoms with E-state index in [1.165, 1.54) is 0 Å². The second-order valence-electron chi connectivity index (χ2n) is 2.87. The van der Waals surface area contributed by atoms with E-state index in [4.69, 9.17) is 9.47 Å². The fourth-order valence-electron chi connectivity index (χ4n) is 1.07. The van der Waals surface area contributed by atoms with Crippen molar-refractivity contribution in [2.24, 2.45) is 0 Å². The highest BCUT2D eigenvalue weighted by Crippen LogP contribution is 2.27. The lowest BCUT2D eigenvalue weighted by Gasteiger charge is -2.08. The maximum Gasteiger partial charge on any atom is 0.344 e. The van der Waals surface area contributed by atoms with Crippen LogP contribution >= 0.6 is 15.9 Å². The van der Waals surface area contributed by atoms with Crippen LogP contribution in [-0.2, 0) is 9.53 Å². The van der Waals surface area contributed by atoms with E-state index in [1.54, 1.807) is 25.1 Å². The number of hydrogen-bond donors (Lipinski definition) is 0. The third-order valence-electron chi connectivity index (χ3n) is 1.77. The first kappa shape index (κ1) is 12.7. The lowest BCUT2D eigenvalue weighted by molar-refractivity contribution is -0.145. The summed E-state index contributed by atoms with van der Waals surface area (Å²) in [7, 11) is 0. The molecule has 0 saturated carbocycles. The molecule has 1 aromatic rings. The van der Waals surface area contributed by atoms with Crippen molar-refractivity contribution in [1.82, 2.24) is 0 Å². The minimum absolute atomic E-state index is 0.172. The molecule has 0 saturated heterocycles. The highest BCUT2D eigenvalue weighted by atomic mass is 79.9. The van der Waals surface area contributed by atoms with E-state index < -0.39 is 5.97 Å². The number of aldehydes is 1. The van der Waals surface area contributed by atoms with Gasteiger partial charge in [0.25, 0.3) is 0 Å². The van der Waals surface area contributed by atoms with Crippen LogP contribution in [0.2, 0.25) is 0 Å². The van der Waals surface area contributed by atoms with Gasteiger partial charge in [0.1, 0.15) is 5.75 Å². The van der Waals surface area contributed by atoms with Crippen LogP contribution in [0.4, 0.5) is 0 Å². The highest BCUT2D eigenvalue weighted by Gasteiger charge is 2.08. The molecule has 0 bridgehead atoms. The molecule has 4 nitrogen and oxygen atoms in total. The number of esters is 1. The van der Waals surface area contributed by atoms with E-state index >= 15 is 0 Å². The Morgan fingerprint density at radius 2 is 2.25 bits per heavy atom. The van der Waals surface area contributed by atoms with E-state index in [9.17, 15) is 9.59 Å². The Hall–Kier alpha value is -1.36. The summed E-state index contributed by atoms with van der Waals surface area (Å²) in [6, 6.07) is 4.99. The van der Waals surface area contributed by atoms with Crippen LogP contribution in [0.25, 0.3) is 0 Å². The van der Waals surface area contributed by atoms with Gasteiger partial charge in [-0.05, 0) is 28.9 Å². The van der Waals surface area contributed by atoms with E-state index in [1.807, 2.05) is 0 Å². The standard InChI is InChI=1S/C11H11BrO4/c1-2-15-10(14)7-16-9-5-3-4-8(6-13)11(9)12/h3-6H,2,7H2,1H3. The number of benzene rings is 1. The van der Waals surface area contributed by atoms with Crippen LogP contribution in [-0.4, -0.2) is 25.5 Å². The van der Waals surface area contributed by atoms with Crippen molar-refractivity contribution in [3.05, 3.63) is 28.2 Å². The molecule has 0 aliphatic heterocycles. The number of hydrogen-bond acceptors (Lipinski definition) is 4. The van der Waals surface area contributed by atoms with Gasteiger partial charge in [-0.1, -0.05) is 12.1 Å². The number of halogens is 1.